The predicted octanol–water partition coefficient (Wildman–Crippen LogP) is 3.32. The summed E-state index contributed by atoms with van der Waals surface area (Å²) in [5, 5.41) is 7.85. The molecule has 0 atom stereocenters. The smallest absolute Gasteiger partial charge is 0.239 e. The topological polar surface area (TPSA) is 44.2 Å². The Kier molecular flexibility index (Phi) is 3.99. The van der Waals surface area contributed by atoms with Crippen LogP contribution < -0.4 is 9.47 Å². The Morgan fingerprint density at radius 2 is 1.94 bits per heavy atom. The summed E-state index contributed by atoms with van der Waals surface area (Å²) in [6.45, 7) is 1.99. The third-order valence-corrected chi connectivity index (χ3v) is 2.64. The van der Waals surface area contributed by atoms with E-state index in [0.717, 1.165) is 5.56 Å². The fourth-order valence-electron chi connectivity index (χ4n) is 1.45. The van der Waals surface area contributed by atoms with E-state index in [0.29, 0.717) is 29.0 Å². The molecule has 1 aromatic carbocycles. The summed E-state index contributed by atoms with van der Waals surface area (Å²) >= 11 is 5.64. The highest BCUT2D eigenvalue weighted by Crippen LogP contribution is 2.31. The molecule has 5 heteroatoms. The van der Waals surface area contributed by atoms with Crippen molar-refractivity contribution in [3.05, 3.63) is 41.6 Å². The number of benzene rings is 1. The zero-order chi connectivity index (χ0) is 13.0. The molecule has 0 aliphatic rings. The molecule has 2 rings (SSSR count). The zero-order valence-electron chi connectivity index (χ0n) is 10.2. The van der Waals surface area contributed by atoms with Crippen molar-refractivity contribution in [3.63, 3.8) is 0 Å². The maximum atomic E-state index is 5.64. The highest BCUT2D eigenvalue weighted by molar-refractivity contribution is 6.16. The molecule has 0 aliphatic carbocycles. The van der Waals surface area contributed by atoms with Gasteiger partial charge in [-0.1, -0.05) is 6.07 Å². The summed E-state index contributed by atoms with van der Waals surface area (Å²) in [5.41, 5.74) is 1.81. The van der Waals surface area contributed by atoms with Crippen molar-refractivity contribution in [2.24, 2.45) is 0 Å². The lowest BCUT2D eigenvalue weighted by molar-refractivity contribution is 0.372. The van der Waals surface area contributed by atoms with Gasteiger partial charge in [0, 0.05) is 6.07 Å². The predicted molar refractivity (Wildman–Crippen MR) is 69.4 cm³/mol. The molecule has 0 N–H and O–H groups in total. The molecular formula is C13H13ClN2O2. The number of alkyl halides is 1. The third kappa shape index (κ3) is 2.90. The molecule has 1 heterocycles. The van der Waals surface area contributed by atoms with Crippen LogP contribution in [0.4, 0.5) is 0 Å². The first-order chi connectivity index (χ1) is 8.72. The van der Waals surface area contributed by atoms with Crippen molar-refractivity contribution in [1.29, 1.82) is 0 Å². The quantitative estimate of drug-likeness (QED) is 0.795. The molecule has 0 unspecified atom stereocenters. The number of rotatable bonds is 4. The van der Waals surface area contributed by atoms with Crippen molar-refractivity contribution in [3.8, 4) is 17.4 Å². The van der Waals surface area contributed by atoms with E-state index in [1.54, 1.807) is 19.2 Å². The van der Waals surface area contributed by atoms with Crippen LogP contribution in [-0.4, -0.2) is 17.3 Å². The molecule has 0 amide bonds. The minimum Gasteiger partial charge on any atom is -0.493 e. The Labute approximate surface area is 111 Å². The van der Waals surface area contributed by atoms with Crippen LogP contribution in [-0.2, 0) is 5.88 Å². The summed E-state index contributed by atoms with van der Waals surface area (Å²) < 4.78 is 10.9. The van der Waals surface area contributed by atoms with Gasteiger partial charge in [0.1, 0.15) is 0 Å². The highest BCUT2D eigenvalue weighted by Gasteiger charge is 2.07. The van der Waals surface area contributed by atoms with E-state index in [2.05, 4.69) is 10.2 Å². The number of aryl methyl sites for hydroxylation is 1. The molecule has 0 aliphatic heterocycles. The molecule has 94 valence electrons. The van der Waals surface area contributed by atoms with Crippen LogP contribution in [0, 0.1) is 6.92 Å². The Morgan fingerprint density at radius 1 is 1.11 bits per heavy atom. The maximum absolute atomic E-state index is 5.64. The number of ether oxygens (including phenoxy) is 2. The average Bonchev–Trinajstić information content (AvgIpc) is 2.41. The maximum Gasteiger partial charge on any atom is 0.239 e. The van der Waals surface area contributed by atoms with Gasteiger partial charge in [-0.25, -0.2) is 0 Å². The van der Waals surface area contributed by atoms with E-state index in [9.17, 15) is 0 Å². The largest absolute Gasteiger partial charge is 0.493 e. The Hall–Kier alpha value is -1.81. The molecule has 4 nitrogen and oxygen atoms in total. The SMILES string of the molecule is COc1cc(C)ccc1Oc1ccc(CCl)nn1. The fourth-order valence-corrected chi connectivity index (χ4v) is 1.59. The monoisotopic (exact) mass is 264 g/mol. The van der Waals surface area contributed by atoms with Gasteiger partial charge in [0.05, 0.1) is 18.7 Å². The second-order valence-corrected chi connectivity index (χ2v) is 4.02. The van der Waals surface area contributed by atoms with E-state index in [1.807, 2.05) is 25.1 Å². The Balaban J connectivity index is 2.22. The summed E-state index contributed by atoms with van der Waals surface area (Å²) in [4.78, 5) is 0. The van der Waals surface area contributed by atoms with Crippen LogP contribution in [0.15, 0.2) is 30.3 Å². The van der Waals surface area contributed by atoms with E-state index in [4.69, 9.17) is 21.1 Å². The normalized spacial score (nSPS) is 10.2. The lowest BCUT2D eigenvalue weighted by Gasteiger charge is -2.09. The van der Waals surface area contributed by atoms with Crippen LogP contribution in [0.2, 0.25) is 0 Å². The molecule has 0 radical (unpaired) electrons. The lowest BCUT2D eigenvalue weighted by Crippen LogP contribution is -1.95. The molecule has 0 fully saturated rings. The molecule has 0 spiro atoms. The average molecular weight is 265 g/mol. The standard InChI is InChI=1S/C13H13ClN2O2/c1-9-3-5-11(12(7-9)17-2)18-13-6-4-10(8-14)15-16-13/h3-7H,8H2,1-2H3. The van der Waals surface area contributed by atoms with Gasteiger partial charge in [0.2, 0.25) is 5.88 Å². The van der Waals surface area contributed by atoms with Crippen molar-refractivity contribution in [2.75, 3.05) is 7.11 Å². The van der Waals surface area contributed by atoms with E-state index in [-0.39, 0.29) is 0 Å². The minimum absolute atomic E-state index is 0.334. The molecule has 1 aromatic heterocycles. The van der Waals surface area contributed by atoms with Crippen molar-refractivity contribution >= 4 is 11.6 Å². The molecule has 0 saturated heterocycles. The van der Waals surface area contributed by atoms with Crippen LogP contribution in [0.25, 0.3) is 0 Å². The number of aromatic nitrogens is 2. The Morgan fingerprint density at radius 3 is 2.56 bits per heavy atom. The molecular weight excluding hydrogens is 252 g/mol. The molecule has 18 heavy (non-hydrogen) atoms. The van der Waals surface area contributed by atoms with E-state index >= 15 is 0 Å². The molecule has 0 saturated carbocycles. The van der Waals surface area contributed by atoms with Gasteiger partial charge in [-0.05, 0) is 30.7 Å². The summed E-state index contributed by atoms with van der Waals surface area (Å²) in [6, 6.07) is 9.18. The number of hydrogen-bond acceptors (Lipinski definition) is 4. The number of halogens is 1. The Bertz CT molecular complexity index is 529. The highest BCUT2D eigenvalue weighted by atomic mass is 35.5. The number of methoxy groups -OCH3 is 1. The first-order valence-corrected chi connectivity index (χ1v) is 5.97. The minimum atomic E-state index is 0.334. The van der Waals surface area contributed by atoms with Crippen LogP contribution >= 0.6 is 11.6 Å². The van der Waals surface area contributed by atoms with Crippen molar-refractivity contribution in [2.45, 2.75) is 12.8 Å². The van der Waals surface area contributed by atoms with E-state index < -0.39 is 0 Å². The molecule has 2 aromatic rings. The van der Waals surface area contributed by atoms with Gasteiger partial charge in [-0.15, -0.1) is 16.7 Å². The molecule has 0 bridgehead atoms. The van der Waals surface area contributed by atoms with Crippen LogP contribution in [0.1, 0.15) is 11.3 Å². The zero-order valence-corrected chi connectivity index (χ0v) is 10.9. The van der Waals surface area contributed by atoms with Crippen molar-refractivity contribution < 1.29 is 9.47 Å². The fraction of sp³-hybridized carbons (Fsp3) is 0.231. The summed E-state index contributed by atoms with van der Waals surface area (Å²) in [7, 11) is 1.60. The third-order valence-electron chi connectivity index (χ3n) is 2.37. The van der Waals surface area contributed by atoms with Crippen LogP contribution in [0.3, 0.4) is 0 Å². The summed E-state index contributed by atoms with van der Waals surface area (Å²) in [6.07, 6.45) is 0. The van der Waals surface area contributed by atoms with Gasteiger partial charge in [-0.3, -0.25) is 0 Å². The van der Waals surface area contributed by atoms with Gasteiger partial charge in [0.25, 0.3) is 0 Å². The number of hydrogen-bond donors (Lipinski definition) is 0. The van der Waals surface area contributed by atoms with E-state index in [1.165, 1.54) is 0 Å². The summed E-state index contributed by atoms with van der Waals surface area (Å²) in [5.74, 6) is 2.02. The number of nitrogens with zero attached hydrogens (tertiary/aromatic N) is 2. The van der Waals surface area contributed by atoms with Gasteiger partial charge in [-0.2, -0.15) is 5.10 Å². The second-order valence-electron chi connectivity index (χ2n) is 3.75. The second kappa shape index (κ2) is 5.69. The van der Waals surface area contributed by atoms with Gasteiger partial charge < -0.3 is 9.47 Å². The first-order valence-electron chi connectivity index (χ1n) is 5.44. The lowest BCUT2D eigenvalue weighted by atomic mass is 10.2. The van der Waals surface area contributed by atoms with Crippen molar-refractivity contribution in [1.82, 2.24) is 10.2 Å². The first kappa shape index (κ1) is 12.6. The van der Waals surface area contributed by atoms with Crippen LogP contribution in [0.5, 0.6) is 17.4 Å². The van der Waals surface area contributed by atoms with Gasteiger partial charge >= 0.3 is 0 Å². The van der Waals surface area contributed by atoms with Gasteiger partial charge in [0.15, 0.2) is 11.5 Å².